The number of carbonyl (C=O) groups excluding carboxylic acids is 2. The molecule has 0 aromatic rings. The molecule has 0 spiro atoms. The van der Waals surface area contributed by atoms with Gasteiger partial charge in [-0.25, -0.2) is 0 Å². The van der Waals surface area contributed by atoms with Crippen LogP contribution in [0.25, 0.3) is 0 Å². The Kier molecular flexibility index (Phi) is 22.0. The third-order valence-corrected chi connectivity index (χ3v) is 3.23. The third-order valence-electron chi connectivity index (χ3n) is 3.23. The van der Waals surface area contributed by atoms with Crippen LogP contribution in [0.1, 0.15) is 80.6 Å². The Hall–Kier alpha value is -1.84. The molecule has 0 bridgehead atoms. The Morgan fingerprint density at radius 2 is 1.39 bits per heavy atom. The molecule has 0 atom stereocenters. The largest absolute Gasteiger partial charge is 0.381 e. The van der Waals surface area contributed by atoms with E-state index in [2.05, 4.69) is 60.0 Å². The molecule has 0 amide bonds. The predicted octanol–water partition coefficient (Wildman–Crippen LogP) is 5.91. The number of nitrogens with zero attached hydrogens (tertiary/aromatic N) is 1. The van der Waals surface area contributed by atoms with Crippen LogP contribution in [0, 0.1) is 5.41 Å². The monoisotopic (exact) mass is 394 g/mol. The van der Waals surface area contributed by atoms with Gasteiger partial charge in [-0.3, -0.25) is 0 Å². The van der Waals surface area contributed by atoms with Crippen LogP contribution in [0.2, 0.25) is 0 Å². The Labute approximate surface area is 175 Å². The average molecular weight is 395 g/mol. The summed E-state index contributed by atoms with van der Waals surface area (Å²) in [4.78, 5) is 21.7. The summed E-state index contributed by atoms with van der Waals surface area (Å²) in [6, 6.07) is 0.447. The van der Waals surface area contributed by atoms with Gasteiger partial charge in [0, 0.05) is 19.5 Å². The van der Waals surface area contributed by atoms with Crippen LogP contribution in [0.5, 0.6) is 0 Å². The lowest BCUT2D eigenvalue weighted by Gasteiger charge is -2.25. The Bertz CT molecular complexity index is 436. The first-order valence-electron chi connectivity index (χ1n) is 10.4. The van der Waals surface area contributed by atoms with Gasteiger partial charge in [-0.1, -0.05) is 74.5 Å². The molecule has 0 aliphatic rings. The van der Waals surface area contributed by atoms with Crippen LogP contribution in [0.15, 0.2) is 36.7 Å². The smallest absolute Gasteiger partial charge is 0.139 e. The molecule has 0 fully saturated rings. The molecule has 0 saturated carbocycles. The summed E-state index contributed by atoms with van der Waals surface area (Å²) in [5.41, 5.74) is 2.37. The van der Waals surface area contributed by atoms with Crippen LogP contribution in [0.3, 0.4) is 0 Å². The first kappa shape index (κ1) is 30.9. The fourth-order valence-electron chi connectivity index (χ4n) is 2.12. The summed E-state index contributed by atoms with van der Waals surface area (Å²) in [5, 5.41) is 3.53. The zero-order valence-electron chi connectivity index (χ0n) is 19.8. The van der Waals surface area contributed by atoms with E-state index in [4.69, 9.17) is 0 Å². The maximum atomic E-state index is 10.6. The van der Waals surface area contributed by atoms with Gasteiger partial charge in [0.15, 0.2) is 0 Å². The van der Waals surface area contributed by atoms with Crippen molar-refractivity contribution in [3.05, 3.63) is 36.7 Å². The number of hydrogen-bond donors (Lipinski definition) is 1. The van der Waals surface area contributed by atoms with Crippen molar-refractivity contribution in [1.29, 1.82) is 0 Å². The SMILES string of the molecule is C=C/C(NC(CCC)CCC)=C(\C=C)N(C)CC=O.CC(C)(C)C.CCC=O. The molecular weight excluding hydrogens is 348 g/mol. The van der Waals surface area contributed by atoms with E-state index in [-0.39, 0.29) is 0 Å². The number of nitrogens with one attached hydrogen (secondary N) is 1. The van der Waals surface area contributed by atoms with Gasteiger partial charge >= 0.3 is 0 Å². The van der Waals surface area contributed by atoms with E-state index >= 15 is 0 Å². The normalized spacial score (nSPS) is 11.0. The summed E-state index contributed by atoms with van der Waals surface area (Å²) in [5.74, 6) is 0. The van der Waals surface area contributed by atoms with Gasteiger partial charge in [-0.15, -0.1) is 0 Å². The van der Waals surface area contributed by atoms with E-state index in [1.165, 1.54) is 0 Å². The summed E-state index contributed by atoms with van der Waals surface area (Å²) in [6.45, 7) is 23.0. The molecule has 0 aliphatic heterocycles. The van der Waals surface area contributed by atoms with Crippen LogP contribution in [-0.4, -0.2) is 37.1 Å². The van der Waals surface area contributed by atoms with E-state index in [9.17, 15) is 9.59 Å². The lowest BCUT2D eigenvalue weighted by molar-refractivity contribution is -0.108. The Morgan fingerprint density at radius 1 is 0.964 bits per heavy atom. The minimum absolute atomic E-state index is 0.354. The minimum atomic E-state index is 0.354. The fourth-order valence-corrected chi connectivity index (χ4v) is 2.12. The van der Waals surface area contributed by atoms with Gasteiger partial charge in [-0.05, 0) is 30.4 Å². The molecule has 0 radical (unpaired) electrons. The van der Waals surface area contributed by atoms with Crippen LogP contribution in [-0.2, 0) is 9.59 Å². The highest BCUT2D eigenvalue weighted by atomic mass is 16.1. The fraction of sp³-hybridized carbons (Fsp3) is 0.667. The number of likely N-dealkylation sites (N-methyl/N-ethyl adjacent to an activating group) is 1. The van der Waals surface area contributed by atoms with Crippen molar-refractivity contribution >= 4 is 12.6 Å². The molecular formula is C24H46N2O2. The molecule has 1 N–H and O–H groups in total. The molecule has 0 aliphatic carbocycles. The number of hydrogen-bond acceptors (Lipinski definition) is 4. The predicted molar refractivity (Wildman–Crippen MR) is 124 cm³/mol. The minimum Gasteiger partial charge on any atom is -0.381 e. The highest BCUT2D eigenvalue weighted by Gasteiger charge is 2.11. The molecule has 164 valence electrons. The van der Waals surface area contributed by atoms with Gasteiger partial charge in [0.25, 0.3) is 0 Å². The van der Waals surface area contributed by atoms with Crippen molar-refractivity contribution in [3.63, 3.8) is 0 Å². The van der Waals surface area contributed by atoms with E-state index in [1.807, 2.05) is 18.9 Å². The summed E-state index contributed by atoms with van der Waals surface area (Å²) >= 11 is 0. The first-order chi connectivity index (χ1) is 13.1. The van der Waals surface area contributed by atoms with Crippen LogP contribution >= 0.6 is 0 Å². The van der Waals surface area contributed by atoms with Crippen molar-refractivity contribution < 1.29 is 9.59 Å². The number of aldehydes is 2. The zero-order chi connectivity index (χ0) is 22.6. The standard InChI is InChI=1S/C16H28N2O.C5H12.C3H6O/c1-6-10-14(11-7-2)17-15(8-3)16(9-4)18(5)12-13-19;1-5(2,3)4;1-2-3-4/h8-9,13-14,17H,3-4,6-7,10-12H2,1-2,5H3;1-4H3;3H,2H2,1H3/b16-15-;;. The van der Waals surface area contributed by atoms with Crippen molar-refractivity contribution in [1.82, 2.24) is 10.2 Å². The lowest BCUT2D eigenvalue weighted by Crippen LogP contribution is -2.31. The second kappa shape index (κ2) is 19.9. The highest BCUT2D eigenvalue weighted by Crippen LogP contribution is 2.13. The van der Waals surface area contributed by atoms with Gasteiger partial charge in [-0.2, -0.15) is 0 Å². The van der Waals surface area contributed by atoms with E-state index < -0.39 is 0 Å². The van der Waals surface area contributed by atoms with Crippen LogP contribution < -0.4 is 5.32 Å². The van der Waals surface area contributed by atoms with Crippen molar-refractivity contribution in [2.45, 2.75) is 86.6 Å². The van der Waals surface area contributed by atoms with Crippen molar-refractivity contribution in [2.75, 3.05) is 13.6 Å². The molecule has 0 rings (SSSR count). The van der Waals surface area contributed by atoms with Crippen molar-refractivity contribution in [2.24, 2.45) is 5.41 Å². The van der Waals surface area contributed by atoms with E-state index in [0.717, 1.165) is 49.6 Å². The topological polar surface area (TPSA) is 49.4 Å². The first-order valence-corrected chi connectivity index (χ1v) is 10.4. The number of allylic oxidation sites excluding steroid dienone is 2. The number of carbonyl (C=O) groups is 2. The van der Waals surface area contributed by atoms with Crippen molar-refractivity contribution in [3.8, 4) is 0 Å². The van der Waals surface area contributed by atoms with Gasteiger partial charge in [0.1, 0.15) is 12.6 Å². The van der Waals surface area contributed by atoms with E-state index in [0.29, 0.717) is 24.4 Å². The lowest BCUT2D eigenvalue weighted by atomic mass is 10.0. The summed E-state index contributed by atoms with van der Waals surface area (Å²) in [7, 11) is 1.88. The summed E-state index contributed by atoms with van der Waals surface area (Å²) in [6.07, 6.45) is 10.5. The quantitative estimate of drug-likeness (QED) is 0.330. The van der Waals surface area contributed by atoms with Crippen LogP contribution in [0.4, 0.5) is 0 Å². The average Bonchev–Trinajstić information content (AvgIpc) is 2.60. The van der Waals surface area contributed by atoms with E-state index in [1.54, 1.807) is 12.2 Å². The maximum absolute atomic E-state index is 10.6. The second-order valence-electron chi connectivity index (χ2n) is 8.25. The molecule has 4 heteroatoms. The maximum Gasteiger partial charge on any atom is 0.139 e. The molecule has 0 heterocycles. The molecule has 0 aromatic carbocycles. The van der Waals surface area contributed by atoms with Gasteiger partial charge in [0.05, 0.1) is 17.9 Å². The second-order valence-corrected chi connectivity index (χ2v) is 8.25. The highest BCUT2D eigenvalue weighted by molar-refractivity contribution is 5.53. The molecule has 0 aromatic heterocycles. The Balaban J connectivity index is -0.000000575. The Morgan fingerprint density at radius 3 is 1.64 bits per heavy atom. The zero-order valence-corrected chi connectivity index (χ0v) is 19.8. The molecule has 0 saturated heterocycles. The summed E-state index contributed by atoms with van der Waals surface area (Å²) < 4.78 is 0. The number of rotatable bonds is 12. The third kappa shape index (κ3) is 22.2. The molecule has 0 unspecified atom stereocenters. The van der Waals surface area contributed by atoms with Gasteiger partial charge < -0.3 is 19.8 Å². The van der Waals surface area contributed by atoms with Gasteiger partial charge in [0.2, 0.25) is 0 Å². The molecule has 4 nitrogen and oxygen atoms in total. The molecule has 28 heavy (non-hydrogen) atoms.